The summed E-state index contributed by atoms with van der Waals surface area (Å²) in [5.74, 6) is 1.29. The molecule has 3 N–H and O–H groups in total. The van der Waals surface area contributed by atoms with E-state index >= 15 is 0 Å². The summed E-state index contributed by atoms with van der Waals surface area (Å²) < 4.78 is 5.83. The van der Waals surface area contributed by atoms with Crippen molar-refractivity contribution in [1.29, 1.82) is 0 Å². The average molecular weight is 494 g/mol. The van der Waals surface area contributed by atoms with Crippen molar-refractivity contribution in [3.05, 3.63) is 82.5 Å². The molecule has 0 bridgehead atoms. The first-order valence-electron chi connectivity index (χ1n) is 9.53. The number of anilines is 2. The van der Waals surface area contributed by atoms with E-state index in [1.807, 2.05) is 24.3 Å². The third kappa shape index (κ3) is 7.60. The monoisotopic (exact) mass is 493 g/mol. The number of benzene rings is 2. The van der Waals surface area contributed by atoms with E-state index in [9.17, 15) is 14.9 Å². The second kappa shape index (κ2) is 12.6. The van der Waals surface area contributed by atoms with Crippen LogP contribution in [0.2, 0.25) is 0 Å². The number of halogens is 2. The molecule has 1 heterocycles. The van der Waals surface area contributed by atoms with Crippen LogP contribution in [-0.4, -0.2) is 40.9 Å². The number of rotatable bonds is 8. The third-order valence-corrected chi connectivity index (χ3v) is 4.47. The Morgan fingerprint density at radius 1 is 1.09 bits per heavy atom. The van der Waals surface area contributed by atoms with E-state index in [2.05, 4.69) is 10.3 Å². The van der Waals surface area contributed by atoms with E-state index in [1.54, 1.807) is 38.4 Å². The van der Waals surface area contributed by atoms with Gasteiger partial charge in [0.1, 0.15) is 11.5 Å². The van der Waals surface area contributed by atoms with Crippen LogP contribution < -0.4 is 15.8 Å². The number of nitro groups is 1. The third-order valence-electron chi connectivity index (χ3n) is 4.47. The molecule has 0 saturated heterocycles. The summed E-state index contributed by atoms with van der Waals surface area (Å²) in [6, 6.07) is 16.7. The minimum atomic E-state index is -0.586. The molecule has 9 nitrogen and oxygen atoms in total. The number of ether oxygens (including phenoxy) is 1. The van der Waals surface area contributed by atoms with Crippen molar-refractivity contribution in [2.75, 3.05) is 19.4 Å². The molecule has 0 radical (unpaired) electrons. The van der Waals surface area contributed by atoms with Crippen LogP contribution in [-0.2, 0) is 11.2 Å². The topological polar surface area (TPSA) is 124 Å². The molecule has 176 valence electrons. The van der Waals surface area contributed by atoms with Crippen molar-refractivity contribution in [1.82, 2.24) is 9.88 Å². The Morgan fingerprint density at radius 2 is 1.67 bits per heavy atom. The molecule has 0 aliphatic carbocycles. The smallest absolute Gasteiger partial charge is 0.311 e. The molecule has 1 aromatic heterocycles. The fraction of sp³-hybridized carbons (Fsp3) is 0.182. The number of hydrogen-bond donors (Lipinski definition) is 2. The fourth-order valence-electron chi connectivity index (χ4n) is 2.89. The lowest BCUT2D eigenvalue weighted by Crippen LogP contribution is -2.41. The molecule has 2 aromatic carbocycles. The van der Waals surface area contributed by atoms with Crippen LogP contribution in [0.3, 0.4) is 0 Å². The molecule has 11 heteroatoms. The zero-order valence-corrected chi connectivity index (χ0v) is 19.6. The number of aromatic nitrogens is 1. The lowest BCUT2D eigenvalue weighted by Gasteiger charge is -2.16. The zero-order chi connectivity index (χ0) is 22.4. The van der Waals surface area contributed by atoms with Gasteiger partial charge in [-0.2, -0.15) is 0 Å². The van der Waals surface area contributed by atoms with Gasteiger partial charge in [-0.25, -0.2) is 4.98 Å². The number of hydrogen-bond acceptors (Lipinski definition) is 7. The summed E-state index contributed by atoms with van der Waals surface area (Å²) in [6.45, 7) is 0. The molecule has 0 fully saturated rings. The van der Waals surface area contributed by atoms with Crippen molar-refractivity contribution in [2.45, 2.75) is 12.5 Å². The standard InChI is InChI=1S/C22H23N5O4.2ClH/c1-26(2)22(28)19(23)14-15-5-9-17(10-6-15)31-18-11-7-16(8-12-18)25-21-20(27(29)30)4-3-13-24-21;;/h3-13,19H,14,23H2,1-2H3,(H,24,25);2*1H/t19-;;/m0../s1. The van der Waals surface area contributed by atoms with Crippen LogP contribution in [0.4, 0.5) is 17.2 Å². The molecule has 0 aliphatic heterocycles. The Hall–Kier alpha value is -3.40. The second-order valence-electron chi connectivity index (χ2n) is 7.07. The van der Waals surface area contributed by atoms with Gasteiger partial charge in [0.05, 0.1) is 11.0 Å². The van der Waals surface area contributed by atoms with Gasteiger partial charge in [0, 0.05) is 32.0 Å². The molecule has 3 aromatic rings. The maximum Gasteiger partial charge on any atom is 0.311 e. The van der Waals surface area contributed by atoms with Gasteiger partial charge in [-0.1, -0.05) is 12.1 Å². The number of pyridine rings is 1. The van der Waals surface area contributed by atoms with Gasteiger partial charge in [-0.15, -0.1) is 24.8 Å². The van der Waals surface area contributed by atoms with Crippen LogP contribution in [0.5, 0.6) is 11.5 Å². The molecule has 1 amide bonds. The Labute approximate surface area is 203 Å². The molecule has 33 heavy (non-hydrogen) atoms. The van der Waals surface area contributed by atoms with Gasteiger partial charge >= 0.3 is 5.69 Å². The highest BCUT2D eigenvalue weighted by Gasteiger charge is 2.16. The predicted molar refractivity (Wildman–Crippen MR) is 132 cm³/mol. The van der Waals surface area contributed by atoms with Crippen LogP contribution in [0.1, 0.15) is 5.56 Å². The van der Waals surface area contributed by atoms with Crippen LogP contribution >= 0.6 is 24.8 Å². The number of nitrogens with zero attached hydrogens (tertiary/aromatic N) is 3. The lowest BCUT2D eigenvalue weighted by atomic mass is 10.1. The van der Waals surface area contributed by atoms with E-state index in [1.165, 1.54) is 23.2 Å². The minimum absolute atomic E-state index is 0. The molecule has 1 atom stereocenters. The summed E-state index contributed by atoms with van der Waals surface area (Å²) in [7, 11) is 3.36. The molecule has 0 spiro atoms. The number of likely N-dealkylation sites (N-methyl/N-ethyl adjacent to an activating group) is 1. The highest BCUT2D eigenvalue weighted by molar-refractivity contribution is 5.85. The van der Waals surface area contributed by atoms with E-state index < -0.39 is 11.0 Å². The first kappa shape index (κ1) is 27.6. The minimum Gasteiger partial charge on any atom is -0.457 e. The van der Waals surface area contributed by atoms with Gasteiger partial charge < -0.3 is 20.7 Å². The summed E-state index contributed by atoms with van der Waals surface area (Å²) >= 11 is 0. The Morgan fingerprint density at radius 3 is 2.21 bits per heavy atom. The number of nitrogens with one attached hydrogen (secondary N) is 1. The van der Waals surface area contributed by atoms with Gasteiger partial charge in [-0.3, -0.25) is 14.9 Å². The zero-order valence-electron chi connectivity index (χ0n) is 18.0. The predicted octanol–water partition coefficient (Wildman–Crippen LogP) is 4.33. The van der Waals surface area contributed by atoms with Crippen molar-refractivity contribution in [3.63, 3.8) is 0 Å². The van der Waals surface area contributed by atoms with Crippen LogP contribution in [0.25, 0.3) is 0 Å². The largest absolute Gasteiger partial charge is 0.457 e. The van der Waals surface area contributed by atoms with Crippen molar-refractivity contribution in [2.24, 2.45) is 5.73 Å². The summed E-state index contributed by atoms with van der Waals surface area (Å²) in [5.41, 5.74) is 7.41. The second-order valence-corrected chi connectivity index (χ2v) is 7.07. The van der Waals surface area contributed by atoms with E-state index in [0.29, 0.717) is 23.6 Å². The molecule has 0 unspecified atom stereocenters. The van der Waals surface area contributed by atoms with E-state index in [4.69, 9.17) is 10.5 Å². The average Bonchev–Trinajstić information content (AvgIpc) is 2.76. The summed E-state index contributed by atoms with van der Waals surface area (Å²) in [5, 5.41) is 14.0. The summed E-state index contributed by atoms with van der Waals surface area (Å²) in [6.07, 6.45) is 1.93. The van der Waals surface area contributed by atoms with Crippen molar-refractivity contribution in [3.8, 4) is 11.5 Å². The maximum absolute atomic E-state index is 11.9. The summed E-state index contributed by atoms with van der Waals surface area (Å²) in [4.78, 5) is 28.0. The number of amides is 1. The lowest BCUT2D eigenvalue weighted by molar-refractivity contribution is -0.384. The SMILES string of the molecule is CN(C)C(=O)[C@@H](N)Cc1ccc(Oc2ccc(Nc3ncccc3[N+](=O)[O-])cc2)cc1.Cl.Cl. The normalized spacial score (nSPS) is 10.8. The highest BCUT2D eigenvalue weighted by atomic mass is 35.5. The highest BCUT2D eigenvalue weighted by Crippen LogP contribution is 2.27. The van der Waals surface area contributed by atoms with E-state index in [0.717, 1.165) is 5.56 Å². The molecular formula is C22H25Cl2N5O4. The van der Waals surface area contributed by atoms with Gasteiger partial charge in [0.15, 0.2) is 0 Å². The number of carbonyl (C=O) groups is 1. The molecule has 0 aliphatic rings. The van der Waals surface area contributed by atoms with E-state index in [-0.39, 0.29) is 42.2 Å². The number of nitrogens with two attached hydrogens (primary N) is 1. The van der Waals surface area contributed by atoms with Gasteiger partial charge in [0.2, 0.25) is 11.7 Å². The molecule has 0 saturated carbocycles. The molecular weight excluding hydrogens is 469 g/mol. The van der Waals surface area contributed by atoms with Gasteiger partial charge in [0.25, 0.3) is 0 Å². The van der Waals surface area contributed by atoms with Crippen molar-refractivity contribution >= 4 is 47.9 Å². The first-order valence-corrected chi connectivity index (χ1v) is 9.53. The maximum atomic E-state index is 11.9. The van der Waals surface area contributed by atoms with Crippen LogP contribution in [0, 0.1) is 10.1 Å². The Bertz CT molecular complexity index is 1060. The molecule has 3 rings (SSSR count). The Kier molecular flexibility index (Phi) is 10.5. The fourth-order valence-corrected chi connectivity index (χ4v) is 2.89. The number of carbonyl (C=O) groups excluding carboxylic acids is 1. The quantitative estimate of drug-likeness (QED) is 0.353. The van der Waals surface area contributed by atoms with Crippen molar-refractivity contribution < 1.29 is 14.5 Å². The van der Waals surface area contributed by atoms with Gasteiger partial charge in [-0.05, 0) is 54.4 Å². The Balaban J connectivity index is 0.00000272. The first-order chi connectivity index (χ1) is 14.8. The van der Waals surface area contributed by atoms with Crippen LogP contribution in [0.15, 0.2) is 66.9 Å².